The zero-order valence-electron chi connectivity index (χ0n) is 10.8. The van der Waals surface area contributed by atoms with Gasteiger partial charge in [-0.15, -0.1) is 0 Å². The fourth-order valence-corrected chi connectivity index (χ4v) is 3.58. The normalized spacial score (nSPS) is 15.8. The second-order valence-electron chi connectivity index (χ2n) is 4.82. The second-order valence-corrected chi connectivity index (χ2v) is 7.14. The van der Waals surface area contributed by atoms with E-state index >= 15 is 0 Å². The smallest absolute Gasteiger partial charge is 0.253 e. The first-order valence-electron chi connectivity index (χ1n) is 6.01. The number of nitrogens with two attached hydrogens (primary N) is 1. The number of amides is 1. The van der Waals surface area contributed by atoms with E-state index in [1.807, 2.05) is 0 Å². The van der Waals surface area contributed by atoms with Gasteiger partial charge < -0.3 is 4.90 Å². The summed E-state index contributed by atoms with van der Waals surface area (Å²) in [6, 6.07) is 2.24. The van der Waals surface area contributed by atoms with E-state index < -0.39 is 26.6 Å². The van der Waals surface area contributed by atoms with Gasteiger partial charge in [-0.1, -0.05) is 0 Å². The molecule has 0 atom stereocenters. The molecule has 0 aromatic heterocycles. The number of rotatable bonds is 3. The third-order valence-corrected chi connectivity index (χ3v) is 5.49. The van der Waals surface area contributed by atoms with Crippen molar-refractivity contribution in [2.75, 3.05) is 7.05 Å². The quantitative estimate of drug-likeness (QED) is 0.888. The maximum atomic E-state index is 13.8. The van der Waals surface area contributed by atoms with Crippen molar-refractivity contribution in [3.8, 4) is 0 Å². The summed E-state index contributed by atoms with van der Waals surface area (Å²) in [6.07, 6.45) is 2.87. The van der Waals surface area contributed by atoms with Crippen LogP contribution >= 0.6 is 15.9 Å². The van der Waals surface area contributed by atoms with Gasteiger partial charge in [0.25, 0.3) is 5.91 Å². The molecule has 1 aromatic carbocycles. The minimum Gasteiger partial charge on any atom is -0.339 e. The number of benzene rings is 1. The van der Waals surface area contributed by atoms with E-state index in [-0.39, 0.29) is 16.1 Å². The van der Waals surface area contributed by atoms with Crippen molar-refractivity contribution in [2.24, 2.45) is 5.14 Å². The molecule has 0 spiro atoms. The van der Waals surface area contributed by atoms with Crippen LogP contribution in [-0.2, 0) is 10.0 Å². The van der Waals surface area contributed by atoms with Crippen molar-refractivity contribution in [3.63, 3.8) is 0 Å². The Morgan fingerprint density at radius 3 is 2.50 bits per heavy atom. The van der Waals surface area contributed by atoms with E-state index in [1.165, 1.54) is 4.90 Å². The minimum absolute atomic E-state index is 0.0240. The van der Waals surface area contributed by atoms with Gasteiger partial charge in [-0.25, -0.2) is 17.9 Å². The van der Waals surface area contributed by atoms with Crippen molar-refractivity contribution in [2.45, 2.75) is 30.2 Å². The second kappa shape index (κ2) is 5.42. The van der Waals surface area contributed by atoms with Crippen LogP contribution in [0.3, 0.4) is 0 Å². The van der Waals surface area contributed by atoms with E-state index in [0.717, 1.165) is 31.4 Å². The van der Waals surface area contributed by atoms with Gasteiger partial charge >= 0.3 is 0 Å². The fourth-order valence-electron chi connectivity index (χ4n) is 2.04. The molecular formula is C12H14BrFN2O3S. The first kappa shape index (κ1) is 15.4. The predicted octanol–water partition coefficient (Wildman–Crippen LogP) is 1.86. The van der Waals surface area contributed by atoms with Gasteiger partial charge in [-0.2, -0.15) is 0 Å². The molecule has 1 aromatic rings. The number of carbonyl (C=O) groups is 1. The summed E-state index contributed by atoms with van der Waals surface area (Å²) in [5.41, 5.74) is -0.0240. The molecule has 2 N–H and O–H groups in total. The third-order valence-electron chi connectivity index (χ3n) is 3.49. The van der Waals surface area contributed by atoms with E-state index in [2.05, 4.69) is 15.9 Å². The Hall–Kier alpha value is -0.990. The standard InChI is InChI=1S/C12H14BrFN2O3S/c1-16(8-3-2-4-8)12(17)7-5-9(14)11(13)10(6-7)20(15,18)19/h5-6,8H,2-4H2,1H3,(H2,15,18,19). The van der Waals surface area contributed by atoms with Crippen molar-refractivity contribution in [1.82, 2.24) is 4.90 Å². The van der Waals surface area contributed by atoms with Crippen LogP contribution in [0, 0.1) is 5.82 Å². The van der Waals surface area contributed by atoms with Crippen molar-refractivity contribution >= 4 is 31.9 Å². The molecule has 0 radical (unpaired) electrons. The molecular weight excluding hydrogens is 351 g/mol. The summed E-state index contributed by atoms with van der Waals surface area (Å²) in [7, 11) is -2.48. The van der Waals surface area contributed by atoms with Crippen LogP contribution in [0.4, 0.5) is 4.39 Å². The highest BCUT2D eigenvalue weighted by Crippen LogP contribution is 2.28. The Morgan fingerprint density at radius 2 is 2.05 bits per heavy atom. The molecule has 0 bridgehead atoms. The van der Waals surface area contributed by atoms with Gasteiger partial charge in [0.15, 0.2) is 0 Å². The number of primary sulfonamides is 1. The van der Waals surface area contributed by atoms with E-state index in [9.17, 15) is 17.6 Å². The number of halogens is 2. The maximum absolute atomic E-state index is 13.8. The van der Waals surface area contributed by atoms with Crippen LogP contribution in [0.2, 0.25) is 0 Å². The van der Waals surface area contributed by atoms with Gasteiger partial charge in [-0.3, -0.25) is 4.79 Å². The average Bonchev–Trinajstić information content (AvgIpc) is 2.27. The van der Waals surface area contributed by atoms with Crippen molar-refractivity contribution in [1.29, 1.82) is 0 Å². The molecule has 2 rings (SSSR count). The van der Waals surface area contributed by atoms with Crippen LogP contribution in [0.5, 0.6) is 0 Å². The summed E-state index contributed by atoms with van der Waals surface area (Å²) >= 11 is 2.83. The lowest BCUT2D eigenvalue weighted by Crippen LogP contribution is -2.41. The van der Waals surface area contributed by atoms with Crippen molar-refractivity contribution < 1.29 is 17.6 Å². The number of carbonyl (C=O) groups excluding carboxylic acids is 1. The summed E-state index contributed by atoms with van der Waals surface area (Å²) in [5.74, 6) is -1.24. The number of sulfonamides is 1. The molecule has 1 saturated carbocycles. The topological polar surface area (TPSA) is 80.5 Å². The highest BCUT2D eigenvalue weighted by Gasteiger charge is 2.28. The van der Waals surface area contributed by atoms with Crippen LogP contribution < -0.4 is 5.14 Å². The minimum atomic E-state index is -4.11. The van der Waals surface area contributed by atoms with Gasteiger partial charge in [0, 0.05) is 18.7 Å². The fraction of sp³-hybridized carbons (Fsp3) is 0.417. The van der Waals surface area contributed by atoms with Crippen LogP contribution in [0.15, 0.2) is 21.5 Å². The summed E-state index contributed by atoms with van der Waals surface area (Å²) in [5, 5.41) is 5.02. The molecule has 0 unspecified atom stereocenters. The lowest BCUT2D eigenvalue weighted by Gasteiger charge is -2.34. The summed E-state index contributed by atoms with van der Waals surface area (Å²) < 4.78 is 36.3. The zero-order chi connectivity index (χ0) is 15.1. The lowest BCUT2D eigenvalue weighted by molar-refractivity contribution is 0.0651. The number of hydrogen-bond donors (Lipinski definition) is 1. The van der Waals surface area contributed by atoms with Crippen LogP contribution in [0.25, 0.3) is 0 Å². The monoisotopic (exact) mass is 364 g/mol. The Kier molecular flexibility index (Phi) is 4.17. The molecule has 0 heterocycles. The molecule has 1 aliphatic carbocycles. The Bertz CT molecular complexity index is 659. The predicted molar refractivity (Wildman–Crippen MR) is 75.2 cm³/mol. The number of hydrogen-bond acceptors (Lipinski definition) is 3. The van der Waals surface area contributed by atoms with Crippen LogP contribution in [0.1, 0.15) is 29.6 Å². The Labute approximate surface area is 125 Å². The van der Waals surface area contributed by atoms with Crippen LogP contribution in [-0.4, -0.2) is 32.3 Å². The van der Waals surface area contributed by atoms with Gasteiger partial charge in [0.05, 0.1) is 9.37 Å². The molecule has 1 aliphatic rings. The highest BCUT2D eigenvalue weighted by atomic mass is 79.9. The molecule has 5 nitrogen and oxygen atoms in total. The van der Waals surface area contributed by atoms with Gasteiger partial charge in [-0.05, 0) is 47.3 Å². The Morgan fingerprint density at radius 1 is 1.45 bits per heavy atom. The maximum Gasteiger partial charge on any atom is 0.253 e. The molecule has 0 saturated heterocycles. The largest absolute Gasteiger partial charge is 0.339 e. The van der Waals surface area contributed by atoms with Gasteiger partial charge in [0.1, 0.15) is 5.82 Å². The molecule has 1 fully saturated rings. The highest BCUT2D eigenvalue weighted by molar-refractivity contribution is 9.10. The molecule has 0 aliphatic heterocycles. The third kappa shape index (κ3) is 2.87. The summed E-state index contributed by atoms with van der Waals surface area (Å²) in [6.45, 7) is 0. The van der Waals surface area contributed by atoms with Gasteiger partial charge in [0.2, 0.25) is 10.0 Å². The lowest BCUT2D eigenvalue weighted by atomic mass is 9.91. The molecule has 110 valence electrons. The molecule has 1 amide bonds. The van der Waals surface area contributed by atoms with E-state index in [0.29, 0.717) is 0 Å². The molecule has 8 heteroatoms. The number of nitrogens with zero attached hydrogens (tertiary/aromatic N) is 1. The molecule has 20 heavy (non-hydrogen) atoms. The zero-order valence-corrected chi connectivity index (χ0v) is 13.2. The van der Waals surface area contributed by atoms with E-state index in [1.54, 1.807) is 7.05 Å². The first-order chi connectivity index (χ1) is 9.21. The first-order valence-corrected chi connectivity index (χ1v) is 8.34. The van der Waals surface area contributed by atoms with Crippen molar-refractivity contribution in [3.05, 3.63) is 28.0 Å². The SMILES string of the molecule is CN(C(=O)c1cc(F)c(Br)c(S(N)(=O)=O)c1)C1CCC1. The Balaban J connectivity index is 2.42. The average molecular weight is 365 g/mol. The summed E-state index contributed by atoms with van der Waals surface area (Å²) in [4.78, 5) is 13.3. The van der Waals surface area contributed by atoms with E-state index in [4.69, 9.17) is 5.14 Å².